The molecule has 5 rings (SSSR count). The molecule has 3 aliphatic rings. The minimum atomic E-state index is -1.17. The summed E-state index contributed by atoms with van der Waals surface area (Å²) >= 11 is 0. The van der Waals surface area contributed by atoms with Gasteiger partial charge in [0.1, 0.15) is 23.1 Å². The zero-order valence-corrected chi connectivity index (χ0v) is 22.4. The van der Waals surface area contributed by atoms with Crippen LogP contribution < -0.4 is 29.9 Å². The van der Waals surface area contributed by atoms with E-state index in [9.17, 15) is 9.00 Å². The fourth-order valence-electron chi connectivity index (χ4n) is 4.77. The normalized spacial score (nSPS) is 20.3. The first-order valence-corrected chi connectivity index (χ1v) is 13.8. The zero-order chi connectivity index (χ0) is 26.2. The summed E-state index contributed by atoms with van der Waals surface area (Å²) in [6.45, 7) is 9.33. The van der Waals surface area contributed by atoms with Crippen LogP contribution in [0.5, 0.6) is 11.5 Å². The van der Waals surface area contributed by atoms with Crippen molar-refractivity contribution >= 4 is 34.5 Å². The Kier molecular flexibility index (Phi) is 6.97. The van der Waals surface area contributed by atoms with E-state index in [0.717, 1.165) is 23.8 Å². The zero-order valence-electron chi connectivity index (χ0n) is 21.6. The Balaban J connectivity index is 1.36. The van der Waals surface area contributed by atoms with Crippen LogP contribution in [0.15, 0.2) is 17.2 Å². The molecule has 2 atom stereocenters. The molecule has 0 radical (unpaired) electrons. The molecule has 0 aliphatic carbocycles. The number of nitrogens with zero attached hydrogens (tertiary/aromatic N) is 5. The van der Waals surface area contributed by atoms with E-state index in [-0.39, 0.29) is 6.04 Å². The van der Waals surface area contributed by atoms with E-state index >= 15 is 0 Å². The highest BCUT2D eigenvalue weighted by atomic mass is 32.2. The summed E-state index contributed by atoms with van der Waals surface area (Å²) in [6, 6.07) is 1.99. The number of methoxy groups -OCH3 is 1. The van der Waals surface area contributed by atoms with Gasteiger partial charge in [-0.25, -0.2) is 14.8 Å². The van der Waals surface area contributed by atoms with Gasteiger partial charge in [0, 0.05) is 44.4 Å². The number of pyridine rings is 1. The SMILES string of the molecule is CCOc1cnc2c(c1)OC[C@@H]1CN(c3nc4c(c(NC(C)(C)CNC(=O)OC)n3)[S@](=O)CC4)CCN21. The number of nitrogens with one attached hydrogen (secondary N) is 2. The third kappa shape index (κ3) is 5.22. The number of aryl methyl sites for hydroxylation is 1. The molecule has 0 spiro atoms. The Labute approximate surface area is 218 Å². The van der Waals surface area contributed by atoms with Crippen molar-refractivity contribution < 1.29 is 23.2 Å². The van der Waals surface area contributed by atoms with Gasteiger partial charge in [-0.1, -0.05) is 0 Å². The van der Waals surface area contributed by atoms with Crippen molar-refractivity contribution in [3.8, 4) is 11.5 Å². The van der Waals surface area contributed by atoms with Gasteiger partial charge in [0.2, 0.25) is 5.95 Å². The summed E-state index contributed by atoms with van der Waals surface area (Å²) in [5.74, 6) is 3.94. The van der Waals surface area contributed by atoms with E-state index in [0.29, 0.717) is 67.4 Å². The number of rotatable bonds is 7. The highest BCUT2D eigenvalue weighted by Crippen LogP contribution is 2.37. The van der Waals surface area contributed by atoms with Crippen molar-refractivity contribution in [2.75, 3.05) is 67.4 Å². The molecule has 2 aromatic rings. The third-order valence-corrected chi connectivity index (χ3v) is 8.04. The van der Waals surface area contributed by atoms with Gasteiger partial charge in [0.25, 0.3) is 0 Å². The van der Waals surface area contributed by atoms with Crippen molar-refractivity contribution in [2.45, 2.75) is 43.7 Å². The van der Waals surface area contributed by atoms with Crippen molar-refractivity contribution in [3.63, 3.8) is 0 Å². The maximum Gasteiger partial charge on any atom is 0.406 e. The first-order valence-electron chi connectivity index (χ1n) is 12.4. The molecular formula is C24H33N7O5S. The van der Waals surface area contributed by atoms with Gasteiger partial charge >= 0.3 is 6.09 Å². The molecule has 0 saturated carbocycles. The van der Waals surface area contributed by atoms with Crippen LogP contribution in [0.3, 0.4) is 0 Å². The van der Waals surface area contributed by atoms with Crippen LogP contribution in [0.25, 0.3) is 0 Å². The fourth-order valence-corrected chi connectivity index (χ4v) is 6.08. The first-order chi connectivity index (χ1) is 17.8. The summed E-state index contributed by atoms with van der Waals surface area (Å²) in [6.07, 6.45) is 1.86. The smallest absolute Gasteiger partial charge is 0.406 e. The predicted octanol–water partition coefficient (Wildman–Crippen LogP) is 1.57. The van der Waals surface area contributed by atoms with E-state index < -0.39 is 22.4 Å². The fraction of sp³-hybridized carbons (Fsp3) is 0.583. The third-order valence-electron chi connectivity index (χ3n) is 6.58. The van der Waals surface area contributed by atoms with E-state index in [1.807, 2.05) is 26.8 Å². The lowest BCUT2D eigenvalue weighted by Crippen LogP contribution is -2.58. The van der Waals surface area contributed by atoms with Gasteiger partial charge in [-0.05, 0) is 20.8 Å². The van der Waals surface area contributed by atoms with Gasteiger partial charge in [0.05, 0.1) is 48.0 Å². The molecule has 0 aromatic carbocycles. The largest absolute Gasteiger partial charge is 0.492 e. The highest BCUT2D eigenvalue weighted by Gasteiger charge is 2.36. The number of alkyl carbamates (subject to hydrolysis) is 1. The number of ether oxygens (including phenoxy) is 3. The van der Waals surface area contributed by atoms with Crippen LogP contribution in [0.2, 0.25) is 0 Å². The Morgan fingerprint density at radius 3 is 2.95 bits per heavy atom. The lowest BCUT2D eigenvalue weighted by Gasteiger charge is -2.44. The Morgan fingerprint density at radius 2 is 2.16 bits per heavy atom. The highest BCUT2D eigenvalue weighted by molar-refractivity contribution is 7.85. The van der Waals surface area contributed by atoms with Crippen LogP contribution in [0.4, 0.5) is 22.4 Å². The Hall–Kier alpha value is -3.35. The number of anilines is 3. The molecule has 0 unspecified atom stereocenters. The van der Waals surface area contributed by atoms with Crippen molar-refractivity contribution in [2.24, 2.45) is 0 Å². The molecule has 200 valence electrons. The van der Waals surface area contributed by atoms with E-state index in [4.69, 9.17) is 19.4 Å². The molecule has 1 fully saturated rings. The van der Waals surface area contributed by atoms with Crippen LogP contribution in [0, 0.1) is 0 Å². The first kappa shape index (κ1) is 25.3. The maximum absolute atomic E-state index is 12.8. The van der Waals surface area contributed by atoms with Gasteiger partial charge in [-0.3, -0.25) is 4.21 Å². The second-order valence-electron chi connectivity index (χ2n) is 9.83. The minimum absolute atomic E-state index is 0.0924. The van der Waals surface area contributed by atoms with Gasteiger partial charge in [0.15, 0.2) is 11.6 Å². The van der Waals surface area contributed by atoms with Crippen molar-refractivity contribution in [3.05, 3.63) is 18.0 Å². The predicted molar refractivity (Wildman–Crippen MR) is 139 cm³/mol. The van der Waals surface area contributed by atoms with Crippen LogP contribution >= 0.6 is 0 Å². The van der Waals surface area contributed by atoms with E-state index in [1.54, 1.807) is 6.20 Å². The maximum atomic E-state index is 12.8. The molecule has 2 N–H and O–H groups in total. The quantitative estimate of drug-likeness (QED) is 0.540. The molecule has 5 heterocycles. The number of piperazine rings is 1. The van der Waals surface area contributed by atoms with Crippen LogP contribution in [0.1, 0.15) is 26.5 Å². The molecule has 37 heavy (non-hydrogen) atoms. The second-order valence-corrected chi connectivity index (χ2v) is 11.3. The number of hydrogen-bond donors (Lipinski definition) is 2. The number of carbonyl (C=O) groups excluding carboxylic acids is 1. The average molecular weight is 532 g/mol. The number of fused-ring (bicyclic) bond motifs is 4. The molecule has 1 amide bonds. The van der Waals surface area contributed by atoms with Crippen molar-refractivity contribution in [1.82, 2.24) is 20.3 Å². The molecule has 13 heteroatoms. The summed E-state index contributed by atoms with van der Waals surface area (Å²) in [7, 11) is 0.154. The topological polar surface area (TPSA) is 131 Å². The van der Waals surface area contributed by atoms with Gasteiger partial charge < -0.3 is 34.6 Å². The van der Waals surface area contributed by atoms with E-state index in [2.05, 4.69) is 30.2 Å². The molecular weight excluding hydrogens is 498 g/mol. The van der Waals surface area contributed by atoms with Gasteiger partial charge in [-0.2, -0.15) is 4.98 Å². The molecule has 12 nitrogen and oxygen atoms in total. The summed E-state index contributed by atoms with van der Waals surface area (Å²) in [5, 5.41) is 6.11. The second kappa shape index (κ2) is 10.2. The average Bonchev–Trinajstić information content (AvgIpc) is 3.27. The Morgan fingerprint density at radius 1 is 1.32 bits per heavy atom. The number of aromatic nitrogens is 3. The molecule has 3 aliphatic heterocycles. The lowest BCUT2D eigenvalue weighted by atomic mass is 10.1. The van der Waals surface area contributed by atoms with Crippen LogP contribution in [-0.2, 0) is 22.0 Å². The number of hydrogen-bond acceptors (Lipinski definition) is 11. The standard InChI is InChI=1S/C24H33N7O5S/c1-5-35-16-10-18-21(25-11-16)31-8-7-30(12-15(31)13-36-18)22-27-17-6-9-37(33)19(17)20(28-22)29-24(2,3)14-26-23(32)34-4/h10-11,15H,5-9,12-14H2,1-4H3,(H,26,32)(H,27,28,29)/t15-,37+/m0/s1. The number of amides is 1. The monoisotopic (exact) mass is 531 g/mol. The summed E-state index contributed by atoms with van der Waals surface area (Å²) in [5.41, 5.74) is 0.242. The van der Waals surface area contributed by atoms with Gasteiger partial charge in [-0.15, -0.1) is 0 Å². The summed E-state index contributed by atoms with van der Waals surface area (Å²) < 4.78 is 29.1. The number of carbonyl (C=O) groups is 1. The van der Waals surface area contributed by atoms with Crippen LogP contribution in [-0.4, -0.2) is 89.1 Å². The van der Waals surface area contributed by atoms with Crippen molar-refractivity contribution in [1.29, 1.82) is 0 Å². The molecule has 1 saturated heterocycles. The minimum Gasteiger partial charge on any atom is -0.492 e. The molecule has 0 bridgehead atoms. The summed E-state index contributed by atoms with van der Waals surface area (Å²) in [4.78, 5) is 30.9. The van der Waals surface area contributed by atoms with E-state index in [1.165, 1.54) is 7.11 Å². The Bertz CT molecular complexity index is 1210. The lowest BCUT2D eigenvalue weighted by molar-refractivity contribution is 0.169. The molecule has 2 aromatic heterocycles.